The molecule has 6 nitrogen and oxygen atoms in total. The third-order valence-corrected chi connectivity index (χ3v) is 3.77. The lowest BCUT2D eigenvalue weighted by Gasteiger charge is -2.20. The number of aromatic nitrogens is 3. The van der Waals surface area contributed by atoms with Gasteiger partial charge in [0.15, 0.2) is 0 Å². The second-order valence-corrected chi connectivity index (χ2v) is 6.42. The van der Waals surface area contributed by atoms with E-state index in [0.717, 1.165) is 34.3 Å². The number of aliphatic hydroxyl groups is 1. The van der Waals surface area contributed by atoms with E-state index in [9.17, 15) is 5.11 Å². The van der Waals surface area contributed by atoms with Crippen LogP contribution in [0.4, 0.5) is 5.82 Å². The van der Waals surface area contributed by atoms with Crippen LogP contribution in [-0.2, 0) is 13.1 Å². The zero-order valence-corrected chi connectivity index (χ0v) is 13.8. The summed E-state index contributed by atoms with van der Waals surface area (Å²) in [6, 6.07) is 7.85. The number of fused-ring (bicyclic) bond motifs is 3. The monoisotopic (exact) mass is 313 g/mol. The Kier molecular flexibility index (Phi) is 3.95. The summed E-state index contributed by atoms with van der Waals surface area (Å²) in [5.74, 6) is 1.30. The van der Waals surface area contributed by atoms with Crippen LogP contribution in [-0.4, -0.2) is 31.8 Å². The van der Waals surface area contributed by atoms with Gasteiger partial charge in [0.05, 0.1) is 24.2 Å². The van der Waals surface area contributed by atoms with Crippen molar-refractivity contribution in [1.82, 2.24) is 19.9 Å². The van der Waals surface area contributed by atoms with Crippen LogP contribution >= 0.6 is 0 Å². The molecule has 0 spiro atoms. The number of imidazole rings is 1. The number of nitrogen functional groups attached to an aromatic ring is 1. The average molecular weight is 313 g/mol. The summed E-state index contributed by atoms with van der Waals surface area (Å²) in [7, 11) is 0. The summed E-state index contributed by atoms with van der Waals surface area (Å²) < 4.78 is 1.98. The van der Waals surface area contributed by atoms with Gasteiger partial charge in [0.2, 0.25) is 0 Å². The van der Waals surface area contributed by atoms with Gasteiger partial charge < -0.3 is 20.7 Å². The van der Waals surface area contributed by atoms with Crippen molar-refractivity contribution in [3.63, 3.8) is 0 Å². The molecule has 0 aliphatic carbocycles. The Morgan fingerprint density at radius 1 is 1.26 bits per heavy atom. The molecular formula is C17H23N5O. The zero-order chi connectivity index (χ0) is 16.6. The predicted octanol–water partition coefficient (Wildman–Crippen LogP) is 2.05. The van der Waals surface area contributed by atoms with Crippen LogP contribution in [0.1, 0.15) is 26.6 Å². The van der Waals surface area contributed by atoms with E-state index in [1.165, 1.54) is 0 Å². The third kappa shape index (κ3) is 3.00. The number of hydrogen-bond donors (Lipinski definition) is 3. The Morgan fingerprint density at radius 3 is 2.70 bits per heavy atom. The Bertz CT molecular complexity index is 847. The van der Waals surface area contributed by atoms with E-state index < -0.39 is 5.60 Å². The van der Waals surface area contributed by atoms with Gasteiger partial charge in [-0.3, -0.25) is 0 Å². The van der Waals surface area contributed by atoms with E-state index in [0.29, 0.717) is 18.9 Å². The molecule has 0 aliphatic rings. The predicted molar refractivity (Wildman–Crippen MR) is 93.1 cm³/mol. The molecule has 0 saturated carbocycles. The molecule has 3 rings (SSSR count). The minimum Gasteiger partial charge on any atom is -0.389 e. The lowest BCUT2D eigenvalue weighted by atomic mass is 10.1. The van der Waals surface area contributed by atoms with Crippen LogP contribution in [0, 0.1) is 0 Å². The first-order valence-corrected chi connectivity index (χ1v) is 7.87. The number of nitrogens with zero attached hydrogens (tertiary/aromatic N) is 3. The van der Waals surface area contributed by atoms with Crippen LogP contribution in [0.3, 0.4) is 0 Å². The van der Waals surface area contributed by atoms with Crippen molar-refractivity contribution < 1.29 is 5.11 Å². The fourth-order valence-corrected chi connectivity index (χ4v) is 2.83. The third-order valence-electron chi connectivity index (χ3n) is 3.77. The highest BCUT2D eigenvalue weighted by Gasteiger charge is 2.22. The fourth-order valence-electron chi connectivity index (χ4n) is 2.83. The highest BCUT2D eigenvalue weighted by Crippen LogP contribution is 2.29. The Hall–Kier alpha value is -2.18. The molecule has 122 valence electrons. The highest BCUT2D eigenvalue weighted by atomic mass is 16.3. The molecular weight excluding hydrogens is 290 g/mol. The summed E-state index contributed by atoms with van der Waals surface area (Å²) in [6.07, 6.45) is 0. The van der Waals surface area contributed by atoms with Crippen LogP contribution in [0.15, 0.2) is 24.3 Å². The van der Waals surface area contributed by atoms with Crippen molar-refractivity contribution >= 4 is 27.8 Å². The topological polar surface area (TPSA) is 89.0 Å². The summed E-state index contributed by atoms with van der Waals surface area (Å²) in [6.45, 7) is 7.49. The van der Waals surface area contributed by atoms with Crippen LogP contribution in [0.2, 0.25) is 0 Å². The maximum absolute atomic E-state index is 10.3. The van der Waals surface area contributed by atoms with Crippen molar-refractivity contribution in [1.29, 1.82) is 0 Å². The summed E-state index contributed by atoms with van der Waals surface area (Å²) >= 11 is 0. The molecule has 0 aliphatic heterocycles. The molecule has 0 bridgehead atoms. The lowest BCUT2D eigenvalue weighted by molar-refractivity contribution is 0.0617. The first kappa shape index (κ1) is 15.7. The molecule has 3 aromatic rings. The number of anilines is 1. The number of nitrogens with two attached hydrogens (primary N) is 1. The summed E-state index contributed by atoms with van der Waals surface area (Å²) in [4.78, 5) is 9.30. The lowest BCUT2D eigenvalue weighted by Crippen LogP contribution is -2.28. The second kappa shape index (κ2) is 5.79. The van der Waals surface area contributed by atoms with Gasteiger partial charge in [0.25, 0.3) is 0 Å². The molecule has 6 heteroatoms. The molecule has 0 atom stereocenters. The van der Waals surface area contributed by atoms with E-state index in [-0.39, 0.29) is 0 Å². The summed E-state index contributed by atoms with van der Waals surface area (Å²) in [5, 5.41) is 14.5. The standard InChI is InChI=1S/C17H23N5O/c1-4-19-9-13-21-14-11-7-5-6-8-12(11)20-16(18)15(14)22(13)10-17(2,3)23/h5-8,19,23H,4,9-10H2,1-3H3,(H2,18,20). The van der Waals surface area contributed by atoms with Crippen molar-refractivity contribution in [2.45, 2.75) is 39.5 Å². The van der Waals surface area contributed by atoms with Gasteiger partial charge in [0.1, 0.15) is 22.7 Å². The second-order valence-electron chi connectivity index (χ2n) is 6.42. The van der Waals surface area contributed by atoms with Crippen LogP contribution in [0.25, 0.3) is 21.9 Å². The van der Waals surface area contributed by atoms with Gasteiger partial charge in [-0.05, 0) is 26.5 Å². The highest BCUT2D eigenvalue weighted by molar-refractivity contribution is 6.06. The van der Waals surface area contributed by atoms with E-state index in [4.69, 9.17) is 10.7 Å². The first-order chi connectivity index (χ1) is 10.9. The van der Waals surface area contributed by atoms with Crippen molar-refractivity contribution in [2.24, 2.45) is 0 Å². The molecule has 0 amide bonds. The maximum Gasteiger partial charge on any atom is 0.150 e. The van der Waals surface area contributed by atoms with Gasteiger partial charge in [-0.25, -0.2) is 9.97 Å². The number of nitrogens with one attached hydrogen (secondary N) is 1. The van der Waals surface area contributed by atoms with E-state index in [1.807, 2.05) is 35.8 Å². The molecule has 1 aromatic carbocycles. The van der Waals surface area contributed by atoms with Crippen molar-refractivity contribution in [3.8, 4) is 0 Å². The molecule has 4 N–H and O–H groups in total. The normalized spacial score (nSPS) is 12.3. The number of pyridine rings is 1. The SMILES string of the molecule is CCNCc1nc2c3ccccc3nc(N)c2n1CC(C)(C)O. The smallest absolute Gasteiger partial charge is 0.150 e. The van der Waals surface area contributed by atoms with Crippen molar-refractivity contribution in [3.05, 3.63) is 30.1 Å². The molecule has 23 heavy (non-hydrogen) atoms. The molecule has 0 unspecified atom stereocenters. The quantitative estimate of drug-likeness (QED) is 0.671. The number of benzene rings is 1. The molecule has 2 aromatic heterocycles. The van der Waals surface area contributed by atoms with Gasteiger partial charge in [-0.2, -0.15) is 0 Å². The van der Waals surface area contributed by atoms with Gasteiger partial charge >= 0.3 is 0 Å². The molecule has 2 heterocycles. The molecule has 0 saturated heterocycles. The van der Waals surface area contributed by atoms with E-state index >= 15 is 0 Å². The van der Waals surface area contributed by atoms with Crippen LogP contribution in [0.5, 0.6) is 0 Å². The maximum atomic E-state index is 10.3. The van der Waals surface area contributed by atoms with Gasteiger partial charge in [0, 0.05) is 5.39 Å². The fraction of sp³-hybridized carbons (Fsp3) is 0.412. The average Bonchev–Trinajstić information content (AvgIpc) is 2.83. The van der Waals surface area contributed by atoms with Crippen molar-refractivity contribution in [2.75, 3.05) is 12.3 Å². The zero-order valence-electron chi connectivity index (χ0n) is 13.8. The van der Waals surface area contributed by atoms with Crippen LogP contribution < -0.4 is 11.1 Å². The minimum atomic E-state index is -0.868. The number of hydrogen-bond acceptors (Lipinski definition) is 5. The number of rotatable bonds is 5. The van der Waals surface area contributed by atoms with Gasteiger partial charge in [-0.15, -0.1) is 0 Å². The Morgan fingerprint density at radius 2 is 2.00 bits per heavy atom. The first-order valence-electron chi connectivity index (χ1n) is 7.87. The Balaban J connectivity index is 2.30. The minimum absolute atomic E-state index is 0.411. The van der Waals surface area contributed by atoms with E-state index in [1.54, 1.807) is 13.8 Å². The molecule has 0 fully saturated rings. The largest absolute Gasteiger partial charge is 0.389 e. The van der Waals surface area contributed by atoms with E-state index in [2.05, 4.69) is 10.3 Å². The Labute approximate surface area is 135 Å². The van der Waals surface area contributed by atoms with Gasteiger partial charge in [-0.1, -0.05) is 25.1 Å². The number of para-hydroxylation sites is 1. The summed E-state index contributed by atoms with van der Waals surface area (Å²) in [5.41, 5.74) is 7.80. The molecule has 0 radical (unpaired) electrons.